The van der Waals surface area contributed by atoms with Crippen LogP contribution in [0, 0.1) is 11.7 Å². The fourth-order valence-electron chi connectivity index (χ4n) is 2.46. The fourth-order valence-corrected chi connectivity index (χ4v) is 2.46. The van der Waals surface area contributed by atoms with Gasteiger partial charge >= 0.3 is 0 Å². The van der Waals surface area contributed by atoms with Gasteiger partial charge in [0.2, 0.25) is 5.91 Å². The van der Waals surface area contributed by atoms with Crippen molar-refractivity contribution in [2.24, 2.45) is 11.7 Å². The van der Waals surface area contributed by atoms with Gasteiger partial charge in [-0.3, -0.25) is 4.79 Å². The monoisotopic (exact) mass is 250 g/mol. The second-order valence-corrected chi connectivity index (χ2v) is 4.93. The summed E-state index contributed by atoms with van der Waals surface area (Å²) in [5.41, 5.74) is 6.43. The van der Waals surface area contributed by atoms with E-state index in [0.717, 1.165) is 19.3 Å². The van der Waals surface area contributed by atoms with E-state index in [2.05, 4.69) is 5.32 Å². The summed E-state index contributed by atoms with van der Waals surface area (Å²) >= 11 is 0. The van der Waals surface area contributed by atoms with Gasteiger partial charge in [-0.05, 0) is 24.8 Å². The van der Waals surface area contributed by atoms with Crippen molar-refractivity contribution in [3.63, 3.8) is 0 Å². The summed E-state index contributed by atoms with van der Waals surface area (Å²) in [6, 6.07) is 6.62. The Balaban J connectivity index is 1.80. The average Bonchev–Trinajstić information content (AvgIpc) is 2.74. The Bertz CT molecular complexity index is 422. The van der Waals surface area contributed by atoms with E-state index in [1.54, 1.807) is 18.2 Å². The van der Waals surface area contributed by atoms with Crippen LogP contribution in [0.15, 0.2) is 24.3 Å². The number of hydrogen-bond acceptors (Lipinski definition) is 2. The summed E-state index contributed by atoms with van der Waals surface area (Å²) in [5.74, 6) is -0.0402. The first-order chi connectivity index (χ1) is 8.66. The number of carbonyl (C=O) groups excluding carboxylic acids is 1. The van der Waals surface area contributed by atoms with Crippen LogP contribution in [-0.4, -0.2) is 11.9 Å². The first kappa shape index (κ1) is 13.0. The molecule has 0 radical (unpaired) electrons. The second-order valence-electron chi connectivity index (χ2n) is 4.93. The van der Waals surface area contributed by atoms with Gasteiger partial charge in [0.05, 0.1) is 0 Å². The molecule has 1 fully saturated rings. The molecular weight excluding hydrogens is 231 g/mol. The molecule has 3 N–H and O–H groups in total. The van der Waals surface area contributed by atoms with Crippen LogP contribution in [0.5, 0.6) is 0 Å². The van der Waals surface area contributed by atoms with Crippen LogP contribution in [0.2, 0.25) is 0 Å². The summed E-state index contributed by atoms with van der Waals surface area (Å²) in [6.07, 6.45) is 3.58. The highest BCUT2D eigenvalue weighted by molar-refractivity contribution is 5.76. The number of benzene rings is 1. The van der Waals surface area contributed by atoms with Gasteiger partial charge in [0, 0.05) is 24.6 Å². The Hall–Kier alpha value is -1.42. The highest BCUT2D eigenvalue weighted by Crippen LogP contribution is 2.26. The van der Waals surface area contributed by atoms with Crippen LogP contribution in [0.1, 0.15) is 31.2 Å². The molecule has 1 aliphatic rings. The van der Waals surface area contributed by atoms with E-state index < -0.39 is 0 Å². The molecule has 0 aromatic heterocycles. The van der Waals surface area contributed by atoms with Crippen molar-refractivity contribution in [3.8, 4) is 0 Å². The molecule has 0 spiro atoms. The minimum atomic E-state index is -0.282. The molecule has 0 unspecified atom stereocenters. The van der Waals surface area contributed by atoms with E-state index in [4.69, 9.17) is 5.73 Å². The fraction of sp³-hybridized carbons (Fsp3) is 0.500. The smallest absolute Gasteiger partial charge is 0.220 e. The molecule has 0 bridgehead atoms. The van der Waals surface area contributed by atoms with E-state index in [-0.39, 0.29) is 30.2 Å². The third kappa shape index (κ3) is 3.29. The highest BCUT2D eigenvalue weighted by Gasteiger charge is 2.25. The number of rotatable bonds is 4. The average molecular weight is 250 g/mol. The topological polar surface area (TPSA) is 55.1 Å². The zero-order valence-electron chi connectivity index (χ0n) is 10.4. The van der Waals surface area contributed by atoms with Crippen LogP contribution >= 0.6 is 0 Å². The van der Waals surface area contributed by atoms with Gasteiger partial charge in [-0.15, -0.1) is 0 Å². The maximum absolute atomic E-state index is 13.3. The molecular formula is C14H19FN2O. The van der Waals surface area contributed by atoms with E-state index in [0.29, 0.717) is 12.0 Å². The Morgan fingerprint density at radius 3 is 2.83 bits per heavy atom. The predicted molar refractivity (Wildman–Crippen MR) is 68.2 cm³/mol. The van der Waals surface area contributed by atoms with Crippen molar-refractivity contribution in [2.45, 2.75) is 38.3 Å². The summed E-state index contributed by atoms with van der Waals surface area (Å²) < 4.78 is 13.3. The van der Waals surface area contributed by atoms with Crippen molar-refractivity contribution in [3.05, 3.63) is 35.6 Å². The summed E-state index contributed by atoms with van der Waals surface area (Å²) in [4.78, 5) is 11.7. The van der Waals surface area contributed by atoms with Crippen molar-refractivity contribution >= 4 is 5.91 Å². The van der Waals surface area contributed by atoms with E-state index >= 15 is 0 Å². The lowest BCUT2D eigenvalue weighted by molar-refractivity contribution is -0.122. The van der Waals surface area contributed by atoms with E-state index in [9.17, 15) is 9.18 Å². The van der Waals surface area contributed by atoms with Gasteiger partial charge in [-0.25, -0.2) is 4.39 Å². The Labute approximate surface area is 107 Å². The van der Waals surface area contributed by atoms with Crippen molar-refractivity contribution < 1.29 is 9.18 Å². The zero-order valence-corrected chi connectivity index (χ0v) is 10.4. The van der Waals surface area contributed by atoms with Crippen LogP contribution < -0.4 is 11.1 Å². The highest BCUT2D eigenvalue weighted by atomic mass is 19.1. The van der Waals surface area contributed by atoms with Gasteiger partial charge in [-0.2, -0.15) is 0 Å². The molecule has 0 aliphatic heterocycles. The minimum Gasteiger partial charge on any atom is -0.352 e. The molecule has 1 aromatic carbocycles. The number of hydrogen-bond donors (Lipinski definition) is 2. The first-order valence-electron chi connectivity index (χ1n) is 6.42. The van der Waals surface area contributed by atoms with Crippen molar-refractivity contribution in [1.82, 2.24) is 5.32 Å². The maximum atomic E-state index is 13.3. The third-order valence-corrected chi connectivity index (χ3v) is 3.60. The van der Waals surface area contributed by atoms with Crippen molar-refractivity contribution in [1.29, 1.82) is 0 Å². The lowest BCUT2D eigenvalue weighted by Crippen LogP contribution is -2.31. The first-order valence-corrected chi connectivity index (χ1v) is 6.42. The minimum absolute atomic E-state index is 0.0411. The molecule has 18 heavy (non-hydrogen) atoms. The maximum Gasteiger partial charge on any atom is 0.220 e. The number of carbonyl (C=O) groups is 1. The molecule has 1 amide bonds. The van der Waals surface area contributed by atoms with E-state index in [1.165, 1.54) is 6.07 Å². The molecule has 2 rings (SSSR count). The SMILES string of the molecule is N[C@@H]1CCC[C@H]1CC(=O)NCc1ccccc1F. The third-order valence-electron chi connectivity index (χ3n) is 3.60. The Morgan fingerprint density at radius 2 is 2.17 bits per heavy atom. The molecule has 1 aromatic rings. The van der Waals surface area contributed by atoms with Gasteiger partial charge in [-0.1, -0.05) is 24.6 Å². The van der Waals surface area contributed by atoms with Crippen LogP contribution in [0.4, 0.5) is 4.39 Å². The lowest BCUT2D eigenvalue weighted by atomic mass is 10.00. The van der Waals surface area contributed by atoms with Gasteiger partial charge in [0.1, 0.15) is 5.82 Å². The van der Waals surface area contributed by atoms with Gasteiger partial charge < -0.3 is 11.1 Å². The number of nitrogens with one attached hydrogen (secondary N) is 1. The summed E-state index contributed by atoms with van der Waals surface area (Å²) in [7, 11) is 0. The summed E-state index contributed by atoms with van der Waals surface area (Å²) in [5, 5.41) is 2.75. The number of amides is 1. The molecule has 1 saturated carbocycles. The molecule has 2 atom stereocenters. The van der Waals surface area contributed by atoms with Gasteiger partial charge in [0.25, 0.3) is 0 Å². The lowest BCUT2D eigenvalue weighted by Gasteiger charge is -2.14. The number of nitrogens with two attached hydrogens (primary N) is 1. The number of halogens is 1. The van der Waals surface area contributed by atoms with Crippen LogP contribution in [0.3, 0.4) is 0 Å². The summed E-state index contributed by atoms with van der Waals surface area (Å²) in [6.45, 7) is 0.244. The second kappa shape index (κ2) is 5.96. The van der Waals surface area contributed by atoms with Crippen molar-refractivity contribution in [2.75, 3.05) is 0 Å². The van der Waals surface area contributed by atoms with Crippen LogP contribution in [-0.2, 0) is 11.3 Å². The molecule has 1 aliphatic carbocycles. The Morgan fingerprint density at radius 1 is 1.39 bits per heavy atom. The molecule has 4 heteroatoms. The zero-order chi connectivity index (χ0) is 13.0. The molecule has 0 heterocycles. The quantitative estimate of drug-likeness (QED) is 0.858. The normalized spacial score (nSPS) is 23.0. The Kier molecular flexibility index (Phi) is 4.31. The predicted octanol–water partition coefficient (Wildman–Crippen LogP) is 1.96. The molecule has 0 saturated heterocycles. The standard InChI is InChI=1S/C14H19FN2O/c15-12-6-2-1-4-11(12)9-17-14(18)8-10-5-3-7-13(10)16/h1-2,4,6,10,13H,3,5,7-9,16H2,(H,17,18)/t10-,13+/m0/s1. The largest absolute Gasteiger partial charge is 0.352 e. The van der Waals surface area contributed by atoms with E-state index in [1.807, 2.05) is 0 Å². The van der Waals surface area contributed by atoms with Gasteiger partial charge in [0.15, 0.2) is 0 Å². The van der Waals surface area contributed by atoms with Crippen LogP contribution in [0.25, 0.3) is 0 Å². The molecule has 3 nitrogen and oxygen atoms in total. The molecule has 98 valence electrons.